The smallest absolute Gasteiger partial charge is 0.165 e. The van der Waals surface area contributed by atoms with E-state index in [-0.39, 0.29) is 17.9 Å². The molecule has 7 heteroatoms. The van der Waals surface area contributed by atoms with Crippen LogP contribution in [0.2, 0.25) is 0 Å². The molecule has 2 unspecified atom stereocenters. The Labute approximate surface area is 279 Å². The van der Waals surface area contributed by atoms with Gasteiger partial charge in [-0.25, -0.2) is 0 Å². The Kier molecular flexibility index (Phi) is 7.83. The molecule has 3 aromatic rings. The maximum Gasteiger partial charge on any atom is 0.165 e. The zero-order valence-corrected chi connectivity index (χ0v) is 27.9. The third-order valence-corrected chi connectivity index (χ3v) is 12.3. The lowest BCUT2D eigenvalue weighted by molar-refractivity contribution is -0.237. The molecule has 0 radical (unpaired) electrons. The average molecular weight is 639 g/mol. The SMILES string of the molecule is Cc1ccc(OC(CCN(C)CCC[C@]2(O)CC[C@@]3(O)[C@H]4Cc5ccc(O)c6c5[C@@]3(CCN4CC3CC3)C2O6)c2ccccc2)cc1. The lowest BCUT2D eigenvalue weighted by Gasteiger charge is -2.65. The fraction of sp³-hybridized carbons (Fsp3) is 0.550. The van der Waals surface area contributed by atoms with Crippen molar-refractivity contribution in [3.05, 3.63) is 89.0 Å². The molecule has 1 spiro atoms. The van der Waals surface area contributed by atoms with Gasteiger partial charge in [-0.3, -0.25) is 4.90 Å². The van der Waals surface area contributed by atoms with Crippen LogP contribution in [0.3, 0.4) is 0 Å². The van der Waals surface area contributed by atoms with Crippen molar-refractivity contribution < 1.29 is 24.8 Å². The van der Waals surface area contributed by atoms with Crippen molar-refractivity contribution in [2.45, 2.75) is 99.6 Å². The molecule has 3 fully saturated rings. The Morgan fingerprint density at radius 3 is 2.53 bits per heavy atom. The maximum atomic E-state index is 12.8. The van der Waals surface area contributed by atoms with Gasteiger partial charge in [0.25, 0.3) is 0 Å². The van der Waals surface area contributed by atoms with Crippen molar-refractivity contribution in [2.75, 3.05) is 33.2 Å². The van der Waals surface area contributed by atoms with Gasteiger partial charge in [-0.1, -0.05) is 54.1 Å². The number of hydrogen-bond donors (Lipinski definition) is 3. The highest BCUT2D eigenvalue weighted by atomic mass is 16.5. The van der Waals surface area contributed by atoms with Crippen LogP contribution in [0.1, 0.15) is 79.7 Å². The van der Waals surface area contributed by atoms with Crippen LogP contribution in [0.15, 0.2) is 66.7 Å². The number of phenolic OH excluding ortho intramolecular Hbond substituents is 1. The van der Waals surface area contributed by atoms with Gasteiger partial charge in [0.05, 0.1) is 11.0 Å². The van der Waals surface area contributed by atoms with Gasteiger partial charge in [-0.2, -0.15) is 0 Å². The molecule has 0 amide bonds. The molecule has 8 rings (SSSR count). The van der Waals surface area contributed by atoms with Gasteiger partial charge in [0.1, 0.15) is 23.6 Å². The lowest BCUT2D eigenvalue weighted by Crippen LogP contribution is -2.79. The standard InChI is InChI=1S/C40H50N2O5/c1-27-9-14-31(15-10-27)46-33(29-7-4-3-5-8-29)17-23-41(2)22-6-18-38(44)19-20-40(45)34-25-30-13-16-32(43)36-35(30)39(40,37(38)47-36)21-24-42(34)26-28-11-12-28/h3-5,7-10,13-16,28,33-34,37,43-45H,6,11-12,17-26H2,1-2H3/t33?,34-,37?,38+,39+,40-/m1/s1. The summed E-state index contributed by atoms with van der Waals surface area (Å²) in [6, 6.07) is 22.5. The molecule has 5 aliphatic rings. The summed E-state index contributed by atoms with van der Waals surface area (Å²) in [5.74, 6) is 2.24. The molecule has 7 nitrogen and oxygen atoms in total. The number of aliphatic hydroxyl groups is 2. The van der Waals surface area contributed by atoms with Crippen LogP contribution in [0, 0.1) is 12.8 Å². The second kappa shape index (κ2) is 11.8. The summed E-state index contributed by atoms with van der Waals surface area (Å²) in [5, 5.41) is 36.2. The molecule has 3 aromatic carbocycles. The number of rotatable bonds is 12. The summed E-state index contributed by atoms with van der Waals surface area (Å²) in [5.41, 5.74) is 1.75. The molecule has 3 aliphatic carbocycles. The summed E-state index contributed by atoms with van der Waals surface area (Å²) < 4.78 is 13.1. The van der Waals surface area contributed by atoms with Gasteiger partial charge in [0.2, 0.25) is 0 Å². The normalized spacial score (nSPS) is 31.3. The number of aromatic hydroxyl groups is 1. The first-order valence-electron chi connectivity index (χ1n) is 17.9. The van der Waals surface area contributed by atoms with Crippen molar-refractivity contribution in [3.63, 3.8) is 0 Å². The van der Waals surface area contributed by atoms with E-state index in [4.69, 9.17) is 9.47 Å². The van der Waals surface area contributed by atoms with E-state index < -0.39 is 22.7 Å². The minimum Gasteiger partial charge on any atom is -0.504 e. The van der Waals surface area contributed by atoms with Crippen LogP contribution in [0.25, 0.3) is 0 Å². The summed E-state index contributed by atoms with van der Waals surface area (Å²) in [7, 11) is 2.14. The van der Waals surface area contributed by atoms with E-state index in [0.29, 0.717) is 25.0 Å². The minimum absolute atomic E-state index is 0.0151. The first-order chi connectivity index (χ1) is 22.7. The second-order valence-electron chi connectivity index (χ2n) is 15.4. The number of nitrogens with zero attached hydrogens (tertiary/aromatic N) is 2. The van der Waals surface area contributed by atoms with Crippen molar-refractivity contribution >= 4 is 0 Å². The second-order valence-corrected chi connectivity index (χ2v) is 15.4. The summed E-state index contributed by atoms with van der Waals surface area (Å²) in [6.45, 7) is 5.71. The van der Waals surface area contributed by atoms with E-state index in [2.05, 4.69) is 60.2 Å². The van der Waals surface area contributed by atoms with Crippen LogP contribution in [0.5, 0.6) is 17.2 Å². The molecule has 2 bridgehead atoms. The fourth-order valence-corrected chi connectivity index (χ4v) is 9.69. The van der Waals surface area contributed by atoms with E-state index in [1.807, 2.05) is 24.3 Å². The van der Waals surface area contributed by atoms with E-state index in [9.17, 15) is 15.3 Å². The first kappa shape index (κ1) is 31.2. The van der Waals surface area contributed by atoms with Crippen LogP contribution in [-0.2, 0) is 11.8 Å². The number of likely N-dealkylation sites (tertiary alicyclic amines) is 1. The number of ether oxygens (including phenoxy) is 2. The highest BCUT2D eigenvalue weighted by Crippen LogP contribution is 2.67. The van der Waals surface area contributed by atoms with Crippen LogP contribution >= 0.6 is 0 Å². The third-order valence-electron chi connectivity index (χ3n) is 12.3. The van der Waals surface area contributed by atoms with Gasteiger partial charge in [-0.15, -0.1) is 0 Å². The van der Waals surface area contributed by atoms with Crippen molar-refractivity contribution in [2.24, 2.45) is 5.92 Å². The molecule has 3 N–H and O–H groups in total. The number of hydrogen-bond acceptors (Lipinski definition) is 7. The Hall–Kier alpha value is -3.10. The zero-order valence-electron chi connectivity index (χ0n) is 27.9. The van der Waals surface area contributed by atoms with Gasteiger partial charge in [-0.05, 0) is 114 Å². The Morgan fingerprint density at radius 1 is 0.979 bits per heavy atom. The molecule has 2 saturated carbocycles. The molecule has 0 aromatic heterocycles. The molecule has 2 heterocycles. The van der Waals surface area contributed by atoms with Crippen LogP contribution in [0.4, 0.5) is 0 Å². The molecule has 1 saturated heterocycles. The lowest BCUT2D eigenvalue weighted by atomic mass is 9.46. The largest absolute Gasteiger partial charge is 0.504 e. The Morgan fingerprint density at radius 2 is 1.77 bits per heavy atom. The van der Waals surface area contributed by atoms with E-state index in [1.165, 1.54) is 29.5 Å². The predicted molar refractivity (Wildman–Crippen MR) is 182 cm³/mol. The van der Waals surface area contributed by atoms with Crippen molar-refractivity contribution in [1.82, 2.24) is 9.80 Å². The van der Waals surface area contributed by atoms with Gasteiger partial charge < -0.3 is 29.7 Å². The number of benzene rings is 3. The predicted octanol–water partition coefficient (Wildman–Crippen LogP) is 5.92. The van der Waals surface area contributed by atoms with Crippen LogP contribution in [-0.4, -0.2) is 81.7 Å². The number of aryl methyl sites for hydroxylation is 1. The van der Waals surface area contributed by atoms with E-state index in [1.54, 1.807) is 6.07 Å². The maximum absolute atomic E-state index is 12.8. The zero-order chi connectivity index (χ0) is 32.4. The summed E-state index contributed by atoms with van der Waals surface area (Å²) in [6.07, 6.45) is 6.74. The molecular weight excluding hydrogens is 588 g/mol. The van der Waals surface area contributed by atoms with E-state index in [0.717, 1.165) is 69.1 Å². The molecule has 2 aliphatic heterocycles. The average Bonchev–Trinajstić information content (AvgIpc) is 3.81. The molecule has 250 valence electrons. The van der Waals surface area contributed by atoms with Crippen molar-refractivity contribution in [3.8, 4) is 17.2 Å². The quantitative estimate of drug-likeness (QED) is 0.227. The minimum atomic E-state index is -1.09. The summed E-state index contributed by atoms with van der Waals surface area (Å²) >= 11 is 0. The molecule has 6 atom stereocenters. The van der Waals surface area contributed by atoms with Gasteiger partial charge in [0, 0.05) is 31.1 Å². The Balaban J connectivity index is 0.961. The third kappa shape index (κ3) is 5.25. The highest BCUT2D eigenvalue weighted by Gasteiger charge is 2.75. The van der Waals surface area contributed by atoms with Gasteiger partial charge >= 0.3 is 0 Å². The van der Waals surface area contributed by atoms with Crippen LogP contribution < -0.4 is 9.47 Å². The first-order valence-corrected chi connectivity index (χ1v) is 17.9. The van der Waals surface area contributed by atoms with Gasteiger partial charge in [0.15, 0.2) is 11.5 Å². The molecule has 47 heavy (non-hydrogen) atoms. The molecular formula is C40H50N2O5. The number of phenols is 1. The summed E-state index contributed by atoms with van der Waals surface area (Å²) in [4.78, 5) is 4.87. The fourth-order valence-electron chi connectivity index (χ4n) is 9.69. The topological polar surface area (TPSA) is 85.6 Å². The van der Waals surface area contributed by atoms with E-state index >= 15 is 0 Å². The Bertz CT molecular complexity index is 1590. The highest BCUT2D eigenvalue weighted by molar-refractivity contribution is 5.63. The number of piperidine rings is 1. The monoisotopic (exact) mass is 638 g/mol. The van der Waals surface area contributed by atoms with Crippen molar-refractivity contribution in [1.29, 1.82) is 0 Å².